The van der Waals surface area contributed by atoms with Gasteiger partial charge in [-0.15, -0.1) is 0 Å². The monoisotopic (exact) mass is 171 g/mol. The van der Waals surface area contributed by atoms with Crippen molar-refractivity contribution >= 4 is 0 Å². The molecule has 1 rings (SSSR count). The van der Waals surface area contributed by atoms with Crippen molar-refractivity contribution < 1.29 is 0 Å². The van der Waals surface area contributed by atoms with Crippen LogP contribution in [0.5, 0.6) is 0 Å². The molecule has 3 nitrogen and oxygen atoms in total. The van der Waals surface area contributed by atoms with Gasteiger partial charge in [-0.05, 0) is 36.7 Å². The minimum atomic E-state index is 0.516. The van der Waals surface area contributed by atoms with Gasteiger partial charge >= 0.3 is 0 Å². The first-order chi connectivity index (χ1) is 6.30. The fraction of sp³-hybridized carbons (Fsp3) is 0.200. The summed E-state index contributed by atoms with van der Waals surface area (Å²) in [5, 5.41) is 17.3. The molecule has 0 amide bonds. The third-order valence-corrected chi connectivity index (χ3v) is 1.68. The predicted octanol–water partition coefficient (Wildman–Crippen LogP) is 0.931. The maximum Gasteiger partial charge on any atom is 0.0992 e. The predicted molar refractivity (Wildman–Crippen MR) is 48.6 cm³/mol. The lowest BCUT2D eigenvalue weighted by Crippen LogP contribution is -2.03. The largest absolute Gasteiger partial charge is 0.330 e. The fourth-order valence-electron chi connectivity index (χ4n) is 1.13. The van der Waals surface area contributed by atoms with E-state index in [1.165, 1.54) is 0 Å². The van der Waals surface area contributed by atoms with Gasteiger partial charge in [-0.1, -0.05) is 0 Å². The Balaban J connectivity index is 3.11. The van der Waals surface area contributed by atoms with E-state index in [1.807, 2.05) is 12.1 Å². The van der Waals surface area contributed by atoms with Crippen LogP contribution in [0, 0.1) is 22.7 Å². The fourth-order valence-corrected chi connectivity index (χ4v) is 1.13. The molecule has 1 aromatic carbocycles. The van der Waals surface area contributed by atoms with E-state index in [1.54, 1.807) is 18.2 Å². The number of hydrogen-bond donors (Lipinski definition) is 1. The molecule has 0 heterocycles. The second-order valence-corrected chi connectivity index (χ2v) is 2.68. The smallest absolute Gasteiger partial charge is 0.0992 e. The molecule has 13 heavy (non-hydrogen) atoms. The highest BCUT2D eigenvalue weighted by Gasteiger charge is 1.99. The van der Waals surface area contributed by atoms with Gasteiger partial charge in [0, 0.05) is 0 Å². The minimum absolute atomic E-state index is 0.516. The standard InChI is InChI=1S/C10H9N3/c11-2-1-8-3-9(6-12)5-10(4-8)7-13/h3-5H,1-2,11H2. The molecule has 1 aromatic rings. The Morgan fingerprint density at radius 2 is 1.62 bits per heavy atom. The maximum atomic E-state index is 8.66. The highest BCUT2D eigenvalue weighted by atomic mass is 14.5. The Morgan fingerprint density at radius 1 is 1.08 bits per heavy atom. The summed E-state index contributed by atoms with van der Waals surface area (Å²) < 4.78 is 0. The average molecular weight is 171 g/mol. The highest BCUT2D eigenvalue weighted by Crippen LogP contribution is 2.09. The van der Waals surface area contributed by atoms with Crippen LogP contribution < -0.4 is 5.73 Å². The van der Waals surface area contributed by atoms with Gasteiger partial charge in [-0.25, -0.2) is 0 Å². The summed E-state index contributed by atoms with van der Waals surface area (Å²) >= 11 is 0. The molecule has 3 heteroatoms. The van der Waals surface area contributed by atoms with Crippen LogP contribution >= 0.6 is 0 Å². The SMILES string of the molecule is N#Cc1cc(C#N)cc(CCN)c1. The van der Waals surface area contributed by atoms with Crippen molar-refractivity contribution in [3.8, 4) is 12.1 Å². The molecule has 0 aliphatic carbocycles. The van der Waals surface area contributed by atoms with Crippen LogP contribution in [0.3, 0.4) is 0 Å². The van der Waals surface area contributed by atoms with E-state index in [2.05, 4.69) is 0 Å². The summed E-state index contributed by atoms with van der Waals surface area (Å²) in [5.41, 5.74) is 7.35. The Labute approximate surface area is 77.0 Å². The van der Waals surface area contributed by atoms with E-state index in [0.717, 1.165) is 5.56 Å². The third-order valence-electron chi connectivity index (χ3n) is 1.68. The van der Waals surface area contributed by atoms with E-state index in [4.69, 9.17) is 16.3 Å². The van der Waals surface area contributed by atoms with Crippen molar-refractivity contribution in [1.82, 2.24) is 0 Å². The lowest BCUT2D eigenvalue weighted by molar-refractivity contribution is 0.967. The summed E-state index contributed by atoms with van der Waals surface area (Å²) in [6.45, 7) is 0.528. The summed E-state index contributed by atoms with van der Waals surface area (Å²) in [5.74, 6) is 0. The molecule has 0 bridgehead atoms. The molecule has 0 saturated carbocycles. The molecule has 0 saturated heterocycles. The maximum absolute atomic E-state index is 8.66. The molecule has 64 valence electrons. The number of rotatable bonds is 2. The van der Waals surface area contributed by atoms with Gasteiger partial charge in [0.15, 0.2) is 0 Å². The normalized spacial score (nSPS) is 8.85. The van der Waals surface area contributed by atoms with Gasteiger partial charge in [0.05, 0.1) is 23.3 Å². The van der Waals surface area contributed by atoms with Crippen molar-refractivity contribution in [2.45, 2.75) is 6.42 Å². The zero-order chi connectivity index (χ0) is 9.68. The topological polar surface area (TPSA) is 73.6 Å². The van der Waals surface area contributed by atoms with Crippen LogP contribution in [0.1, 0.15) is 16.7 Å². The molecule has 0 unspecified atom stereocenters. The lowest BCUT2D eigenvalue weighted by atomic mass is 10.0. The molecule has 0 aromatic heterocycles. The van der Waals surface area contributed by atoms with Crippen molar-refractivity contribution in [3.05, 3.63) is 34.9 Å². The first-order valence-corrected chi connectivity index (χ1v) is 3.94. The van der Waals surface area contributed by atoms with Crippen molar-refractivity contribution in [3.63, 3.8) is 0 Å². The Morgan fingerprint density at radius 3 is 2.00 bits per heavy atom. The summed E-state index contributed by atoms with van der Waals surface area (Å²) in [6.07, 6.45) is 0.699. The highest BCUT2D eigenvalue weighted by molar-refractivity contribution is 5.42. The lowest BCUT2D eigenvalue weighted by Gasteiger charge is -1.99. The molecule has 0 fully saturated rings. The zero-order valence-corrected chi connectivity index (χ0v) is 7.12. The van der Waals surface area contributed by atoms with Crippen LogP contribution in [-0.2, 0) is 6.42 Å². The van der Waals surface area contributed by atoms with Crippen LogP contribution in [0.2, 0.25) is 0 Å². The van der Waals surface area contributed by atoms with Crippen molar-refractivity contribution in [2.24, 2.45) is 5.73 Å². The Bertz CT molecular complexity index is 350. The molecule has 0 spiro atoms. The van der Waals surface area contributed by atoms with Gasteiger partial charge in [-0.2, -0.15) is 10.5 Å². The first-order valence-electron chi connectivity index (χ1n) is 3.94. The molecule has 2 N–H and O–H groups in total. The molecular formula is C10H9N3. The molecular weight excluding hydrogens is 162 g/mol. The number of nitrogens with zero attached hydrogens (tertiary/aromatic N) is 2. The van der Waals surface area contributed by atoms with E-state index < -0.39 is 0 Å². The van der Waals surface area contributed by atoms with Gasteiger partial charge in [0.25, 0.3) is 0 Å². The Hall–Kier alpha value is -1.84. The average Bonchev–Trinajstić information content (AvgIpc) is 2.17. The first kappa shape index (κ1) is 9.25. The number of nitriles is 2. The summed E-state index contributed by atoms with van der Waals surface area (Å²) in [4.78, 5) is 0. The minimum Gasteiger partial charge on any atom is -0.330 e. The van der Waals surface area contributed by atoms with E-state index in [-0.39, 0.29) is 0 Å². The van der Waals surface area contributed by atoms with E-state index >= 15 is 0 Å². The van der Waals surface area contributed by atoms with E-state index in [0.29, 0.717) is 24.1 Å². The summed E-state index contributed by atoms with van der Waals surface area (Å²) in [6, 6.07) is 9.10. The second-order valence-electron chi connectivity index (χ2n) is 2.68. The number of hydrogen-bond acceptors (Lipinski definition) is 3. The third kappa shape index (κ3) is 2.30. The van der Waals surface area contributed by atoms with Gasteiger partial charge in [0.1, 0.15) is 0 Å². The molecule has 0 aliphatic heterocycles. The Kier molecular flexibility index (Phi) is 3.03. The number of benzene rings is 1. The van der Waals surface area contributed by atoms with Crippen molar-refractivity contribution in [2.75, 3.05) is 6.54 Å². The van der Waals surface area contributed by atoms with Crippen LogP contribution in [0.25, 0.3) is 0 Å². The quantitative estimate of drug-likeness (QED) is 0.719. The molecule has 0 radical (unpaired) electrons. The summed E-state index contributed by atoms with van der Waals surface area (Å²) in [7, 11) is 0. The second kappa shape index (κ2) is 4.25. The van der Waals surface area contributed by atoms with E-state index in [9.17, 15) is 0 Å². The molecule has 0 atom stereocenters. The van der Waals surface area contributed by atoms with Gasteiger partial charge in [0.2, 0.25) is 0 Å². The number of nitrogens with two attached hydrogens (primary N) is 1. The zero-order valence-electron chi connectivity index (χ0n) is 7.12. The van der Waals surface area contributed by atoms with Crippen LogP contribution in [0.15, 0.2) is 18.2 Å². The van der Waals surface area contributed by atoms with Crippen LogP contribution in [0.4, 0.5) is 0 Å². The van der Waals surface area contributed by atoms with Crippen LogP contribution in [-0.4, -0.2) is 6.54 Å². The van der Waals surface area contributed by atoms with Gasteiger partial charge < -0.3 is 5.73 Å². The van der Waals surface area contributed by atoms with Gasteiger partial charge in [-0.3, -0.25) is 0 Å². The molecule has 0 aliphatic rings. The van der Waals surface area contributed by atoms with Crippen molar-refractivity contribution in [1.29, 1.82) is 10.5 Å².